The lowest BCUT2D eigenvalue weighted by molar-refractivity contribution is 0.0990. The van der Waals surface area contributed by atoms with Crippen LogP contribution in [0.3, 0.4) is 0 Å². The van der Waals surface area contributed by atoms with E-state index in [1.165, 1.54) is 0 Å². The van der Waals surface area contributed by atoms with Crippen LogP contribution in [0.2, 0.25) is 0 Å². The van der Waals surface area contributed by atoms with Gasteiger partial charge in [0, 0.05) is 13.5 Å². The monoisotopic (exact) mass is 207 g/mol. The van der Waals surface area contributed by atoms with Gasteiger partial charge in [-0.3, -0.25) is 4.79 Å². The Morgan fingerprint density at radius 1 is 1.60 bits per heavy atom. The number of ketones is 1. The van der Waals surface area contributed by atoms with Crippen molar-refractivity contribution in [1.82, 2.24) is 9.78 Å². The zero-order valence-electron chi connectivity index (χ0n) is 9.00. The predicted molar refractivity (Wildman–Crippen MR) is 56.8 cm³/mol. The van der Waals surface area contributed by atoms with Crippen LogP contribution in [0.15, 0.2) is 4.42 Å². The average molecular weight is 207 g/mol. The Labute approximate surface area is 86.8 Å². The fourth-order valence-electron chi connectivity index (χ4n) is 1.77. The maximum atomic E-state index is 11.7. The van der Waals surface area contributed by atoms with Crippen LogP contribution in [0.25, 0.3) is 11.1 Å². The fourth-order valence-corrected chi connectivity index (χ4v) is 1.77. The number of carbonyl (C=O) groups excluding carboxylic acids is 1. The zero-order chi connectivity index (χ0) is 11.2. The SMILES string of the molecule is CCC(=O)c1c(N)oc2c1c(C)nn2C. The van der Waals surface area contributed by atoms with Crippen LogP contribution in [0.1, 0.15) is 29.4 Å². The molecule has 0 atom stereocenters. The molecule has 0 saturated carbocycles. The van der Waals surface area contributed by atoms with Crippen LogP contribution < -0.4 is 5.73 Å². The first-order chi connectivity index (χ1) is 7.06. The Hall–Kier alpha value is -1.78. The minimum absolute atomic E-state index is 0.0117. The number of aryl methyl sites for hydroxylation is 2. The van der Waals surface area contributed by atoms with Crippen molar-refractivity contribution in [2.45, 2.75) is 20.3 Å². The molecule has 0 aliphatic rings. The summed E-state index contributed by atoms with van der Waals surface area (Å²) in [5, 5.41) is 4.92. The van der Waals surface area contributed by atoms with Gasteiger partial charge in [-0.05, 0) is 6.92 Å². The van der Waals surface area contributed by atoms with Crippen molar-refractivity contribution in [2.75, 3.05) is 5.73 Å². The van der Waals surface area contributed by atoms with Crippen molar-refractivity contribution in [3.05, 3.63) is 11.3 Å². The zero-order valence-corrected chi connectivity index (χ0v) is 9.00. The molecule has 80 valence electrons. The lowest BCUT2D eigenvalue weighted by atomic mass is 10.1. The molecular formula is C10H13N3O2. The fraction of sp³-hybridized carbons (Fsp3) is 0.400. The standard InChI is InChI=1S/C10H13N3O2/c1-4-6(14)8-7-5(2)12-13(3)10(7)15-9(8)11/h4,11H2,1-3H3. The average Bonchev–Trinajstić information content (AvgIpc) is 2.65. The van der Waals surface area contributed by atoms with Gasteiger partial charge in [0.2, 0.25) is 11.6 Å². The third-order valence-corrected chi connectivity index (χ3v) is 2.47. The summed E-state index contributed by atoms with van der Waals surface area (Å²) in [6, 6.07) is 0. The molecule has 2 N–H and O–H groups in total. The van der Waals surface area contributed by atoms with Gasteiger partial charge in [-0.2, -0.15) is 5.10 Å². The van der Waals surface area contributed by atoms with Gasteiger partial charge in [-0.15, -0.1) is 0 Å². The van der Waals surface area contributed by atoms with Crippen molar-refractivity contribution in [3.8, 4) is 0 Å². The third-order valence-electron chi connectivity index (χ3n) is 2.47. The Morgan fingerprint density at radius 3 is 2.87 bits per heavy atom. The van der Waals surface area contributed by atoms with E-state index in [-0.39, 0.29) is 11.7 Å². The summed E-state index contributed by atoms with van der Waals surface area (Å²) < 4.78 is 6.92. The molecule has 0 spiro atoms. The molecule has 2 aromatic rings. The van der Waals surface area contributed by atoms with E-state index >= 15 is 0 Å². The quantitative estimate of drug-likeness (QED) is 0.760. The van der Waals surface area contributed by atoms with Gasteiger partial charge >= 0.3 is 0 Å². The van der Waals surface area contributed by atoms with Crippen LogP contribution in [0.4, 0.5) is 5.88 Å². The number of hydrogen-bond donors (Lipinski definition) is 1. The molecule has 15 heavy (non-hydrogen) atoms. The molecule has 5 nitrogen and oxygen atoms in total. The maximum absolute atomic E-state index is 11.7. The number of carbonyl (C=O) groups is 1. The van der Waals surface area contributed by atoms with E-state index in [4.69, 9.17) is 10.2 Å². The van der Waals surface area contributed by atoms with Gasteiger partial charge in [-0.1, -0.05) is 6.92 Å². The van der Waals surface area contributed by atoms with Crippen LogP contribution in [0, 0.1) is 6.92 Å². The largest absolute Gasteiger partial charge is 0.422 e. The van der Waals surface area contributed by atoms with Crippen molar-refractivity contribution >= 4 is 22.8 Å². The van der Waals surface area contributed by atoms with Crippen LogP contribution >= 0.6 is 0 Å². The molecule has 2 heterocycles. The van der Waals surface area contributed by atoms with Gasteiger partial charge in [0.25, 0.3) is 0 Å². The number of furan rings is 1. The van der Waals surface area contributed by atoms with Crippen LogP contribution in [-0.4, -0.2) is 15.6 Å². The second-order valence-electron chi connectivity index (χ2n) is 3.51. The molecule has 0 aromatic carbocycles. The summed E-state index contributed by atoms with van der Waals surface area (Å²) >= 11 is 0. The smallest absolute Gasteiger partial charge is 0.228 e. The Kier molecular flexibility index (Phi) is 2.03. The highest BCUT2D eigenvalue weighted by atomic mass is 16.4. The van der Waals surface area contributed by atoms with Crippen LogP contribution in [-0.2, 0) is 7.05 Å². The van der Waals surface area contributed by atoms with Crippen LogP contribution in [0.5, 0.6) is 0 Å². The Balaban J connectivity index is 2.82. The Bertz CT molecular complexity index is 536. The molecule has 5 heteroatoms. The number of aromatic nitrogens is 2. The molecule has 0 aliphatic heterocycles. The number of fused-ring (bicyclic) bond motifs is 1. The highest BCUT2D eigenvalue weighted by Crippen LogP contribution is 2.30. The van der Waals surface area contributed by atoms with Gasteiger partial charge in [-0.25, -0.2) is 4.68 Å². The van der Waals surface area contributed by atoms with E-state index in [0.29, 0.717) is 17.7 Å². The summed E-state index contributed by atoms with van der Waals surface area (Å²) in [5.41, 5.74) is 7.48. The molecule has 2 aromatic heterocycles. The van der Waals surface area contributed by atoms with E-state index in [0.717, 1.165) is 11.1 Å². The molecule has 0 saturated heterocycles. The molecular weight excluding hydrogens is 194 g/mol. The van der Waals surface area contributed by atoms with E-state index in [1.54, 1.807) is 18.7 Å². The molecule has 0 aliphatic carbocycles. The van der Waals surface area contributed by atoms with Gasteiger partial charge < -0.3 is 10.2 Å². The first-order valence-corrected chi connectivity index (χ1v) is 4.81. The maximum Gasteiger partial charge on any atom is 0.228 e. The minimum Gasteiger partial charge on any atom is -0.422 e. The van der Waals surface area contributed by atoms with Crippen molar-refractivity contribution in [1.29, 1.82) is 0 Å². The number of nitrogen functional groups attached to an aromatic ring is 1. The number of hydrogen-bond acceptors (Lipinski definition) is 4. The van der Waals surface area contributed by atoms with E-state index < -0.39 is 0 Å². The predicted octanol–water partition coefficient (Wildman–Crippen LogP) is 1.65. The van der Waals surface area contributed by atoms with Gasteiger partial charge in [0.05, 0.1) is 16.6 Å². The summed E-state index contributed by atoms with van der Waals surface area (Å²) in [4.78, 5) is 11.7. The normalized spacial score (nSPS) is 11.1. The molecule has 0 radical (unpaired) electrons. The topological polar surface area (TPSA) is 74.1 Å². The lowest BCUT2D eigenvalue weighted by Gasteiger charge is -1.94. The first-order valence-electron chi connectivity index (χ1n) is 4.81. The Morgan fingerprint density at radius 2 is 2.27 bits per heavy atom. The third kappa shape index (κ3) is 1.23. The van der Waals surface area contributed by atoms with E-state index in [1.807, 2.05) is 6.92 Å². The number of anilines is 1. The molecule has 0 bridgehead atoms. The van der Waals surface area contributed by atoms with E-state index in [9.17, 15) is 4.79 Å². The number of nitrogens with two attached hydrogens (primary N) is 1. The molecule has 2 rings (SSSR count). The number of Topliss-reactive ketones (excluding diaryl/α,β-unsaturated/α-hetero) is 1. The first kappa shape index (κ1) is 9.76. The number of rotatable bonds is 2. The minimum atomic E-state index is -0.0117. The highest BCUT2D eigenvalue weighted by Gasteiger charge is 2.22. The van der Waals surface area contributed by atoms with Crippen molar-refractivity contribution in [2.24, 2.45) is 7.05 Å². The molecule has 0 fully saturated rings. The second-order valence-corrected chi connectivity index (χ2v) is 3.51. The van der Waals surface area contributed by atoms with Gasteiger partial charge in [0.15, 0.2) is 5.78 Å². The van der Waals surface area contributed by atoms with E-state index in [2.05, 4.69) is 5.10 Å². The number of nitrogens with zero attached hydrogens (tertiary/aromatic N) is 2. The second kappa shape index (κ2) is 3.12. The summed E-state index contributed by atoms with van der Waals surface area (Å²) in [6.45, 7) is 3.63. The summed E-state index contributed by atoms with van der Waals surface area (Å²) in [6.07, 6.45) is 0.410. The molecule has 0 unspecified atom stereocenters. The highest BCUT2D eigenvalue weighted by molar-refractivity contribution is 6.11. The van der Waals surface area contributed by atoms with Gasteiger partial charge in [0.1, 0.15) is 0 Å². The summed E-state index contributed by atoms with van der Waals surface area (Å²) in [5.74, 6) is 0.176. The van der Waals surface area contributed by atoms with Crippen molar-refractivity contribution in [3.63, 3.8) is 0 Å². The van der Waals surface area contributed by atoms with Crippen molar-refractivity contribution < 1.29 is 9.21 Å². The summed E-state index contributed by atoms with van der Waals surface area (Å²) in [7, 11) is 1.76. The lowest BCUT2D eigenvalue weighted by Crippen LogP contribution is -2.00. The molecule has 0 amide bonds.